The van der Waals surface area contributed by atoms with Gasteiger partial charge >= 0.3 is 0 Å². The Morgan fingerprint density at radius 1 is 1.15 bits per heavy atom. The molecule has 0 fully saturated rings. The molecule has 0 saturated heterocycles. The molecule has 1 amide bonds. The zero-order valence-corrected chi connectivity index (χ0v) is 16.5. The Balaban J connectivity index is 1.89. The Hall–Kier alpha value is -2.12. The fraction of sp³-hybridized carbons (Fsp3) is 0.350. The van der Waals surface area contributed by atoms with E-state index in [4.69, 9.17) is 4.74 Å². The molecule has 2 aromatic rings. The first-order valence-electron chi connectivity index (χ1n) is 8.78. The number of carbonyl (C=O) groups is 1. The van der Waals surface area contributed by atoms with Crippen molar-refractivity contribution in [1.29, 1.82) is 0 Å². The lowest BCUT2D eigenvalue weighted by molar-refractivity contribution is -0.907. The summed E-state index contributed by atoms with van der Waals surface area (Å²) in [5.74, 6) is -1.74. The van der Waals surface area contributed by atoms with E-state index in [0.717, 1.165) is 16.2 Å². The third kappa shape index (κ3) is 6.84. The van der Waals surface area contributed by atoms with Gasteiger partial charge in [0.15, 0.2) is 6.04 Å². The number of hydrogen-bond donors (Lipinski definition) is 2. The van der Waals surface area contributed by atoms with Crippen molar-refractivity contribution in [3.8, 4) is 5.75 Å². The van der Waals surface area contributed by atoms with Crippen LogP contribution in [-0.4, -0.2) is 31.4 Å². The molecule has 0 aliphatic heterocycles. The van der Waals surface area contributed by atoms with Crippen LogP contribution >= 0.6 is 11.8 Å². The lowest BCUT2D eigenvalue weighted by Gasteiger charge is -2.21. The van der Waals surface area contributed by atoms with E-state index < -0.39 is 5.76 Å². The molecular weight excluding hydrogens is 370 g/mol. The molecular formula is C20H25F2N2O2S+. The number of thioether (sulfide) groups is 1. The lowest BCUT2D eigenvalue weighted by atomic mass is 10.1. The third-order valence-electron chi connectivity index (χ3n) is 4.20. The molecule has 0 bridgehead atoms. The molecule has 0 aliphatic rings. The summed E-state index contributed by atoms with van der Waals surface area (Å²) in [7, 11) is 1.96. The van der Waals surface area contributed by atoms with E-state index in [0.29, 0.717) is 35.5 Å². The van der Waals surface area contributed by atoms with Gasteiger partial charge in [-0.25, -0.2) is 0 Å². The summed E-state index contributed by atoms with van der Waals surface area (Å²) in [5.41, 5.74) is 1.71. The highest BCUT2D eigenvalue weighted by Gasteiger charge is 2.22. The molecule has 0 aliphatic carbocycles. The van der Waals surface area contributed by atoms with E-state index in [-0.39, 0.29) is 11.9 Å². The van der Waals surface area contributed by atoms with Crippen molar-refractivity contribution in [3.63, 3.8) is 0 Å². The van der Waals surface area contributed by atoms with Gasteiger partial charge in [0.25, 0.3) is 11.7 Å². The van der Waals surface area contributed by atoms with E-state index >= 15 is 0 Å². The number of hydrogen-bond acceptors (Lipinski definition) is 3. The van der Waals surface area contributed by atoms with E-state index in [1.54, 1.807) is 24.3 Å². The number of benzene rings is 2. The summed E-state index contributed by atoms with van der Waals surface area (Å²) < 4.78 is 30.1. The number of halogens is 2. The van der Waals surface area contributed by atoms with Crippen LogP contribution in [0, 0.1) is 0 Å². The van der Waals surface area contributed by atoms with Gasteiger partial charge in [0.2, 0.25) is 0 Å². The summed E-state index contributed by atoms with van der Waals surface area (Å²) in [5, 5.41) is 2.84. The highest BCUT2D eigenvalue weighted by Crippen LogP contribution is 2.26. The van der Waals surface area contributed by atoms with Crippen LogP contribution in [0.4, 0.5) is 14.5 Å². The van der Waals surface area contributed by atoms with E-state index in [1.165, 1.54) is 0 Å². The van der Waals surface area contributed by atoms with Gasteiger partial charge in [0.05, 0.1) is 13.7 Å². The van der Waals surface area contributed by atoms with Gasteiger partial charge in [-0.2, -0.15) is 8.78 Å². The smallest absolute Gasteiger partial charge is 0.288 e. The predicted molar refractivity (Wildman–Crippen MR) is 105 cm³/mol. The first-order valence-corrected chi connectivity index (χ1v) is 9.66. The maximum Gasteiger partial charge on any atom is 0.288 e. The van der Waals surface area contributed by atoms with Crippen LogP contribution in [0.25, 0.3) is 0 Å². The molecule has 1 unspecified atom stereocenters. The summed E-state index contributed by atoms with van der Waals surface area (Å²) >= 11 is 0.483. The van der Waals surface area contributed by atoms with Crippen molar-refractivity contribution >= 4 is 23.4 Å². The fourth-order valence-electron chi connectivity index (χ4n) is 2.54. The van der Waals surface area contributed by atoms with Crippen molar-refractivity contribution < 1.29 is 23.2 Å². The second kappa shape index (κ2) is 10.3. The molecule has 0 heterocycles. The van der Waals surface area contributed by atoms with Gasteiger partial charge in [-0.1, -0.05) is 11.8 Å². The Kier molecular flexibility index (Phi) is 8.06. The molecule has 2 aromatic carbocycles. The second-order valence-electron chi connectivity index (χ2n) is 6.21. The van der Waals surface area contributed by atoms with Gasteiger partial charge in [-0.15, -0.1) is 0 Å². The molecule has 2 atom stereocenters. The first-order chi connectivity index (χ1) is 12.9. The summed E-state index contributed by atoms with van der Waals surface area (Å²) in [4.78, 5) is 14.0. The predicted octanol–water partition coefficient (Wildman–Crippen LogP) is 3.44. The Bertz CT molecular complexity index is 724. The lowest BCUT2D eigenvalue weighted by Crippen LogP contribution is -3.12. The average molecular weight is 395 g/mol. The van der Waals surface area contributed by atoms with Gasteiger partial charge in [0, 0.05) is 16.1 Å². The van der Waals surface area contributed by atoms with Crippen LogP contribution in [0.15, 0.2) is 53.4 Å². The summed E-state index contributed by atoms with van der Waals surface area (Å²) in [6.45, 7) is 5.13. The van der Waals surface area contributed by atoms with Gasteiger partial charge in [-0.3, -0.25) is 4.79 Å². The number of alkyl halides is 2. The summed E-state index contributed by atoms with van der Waals surface area (Å²) in [6.07, 6.45) is 0. The summed E-state index contributed by atoms with van der Waals surface area (Å²) in [6, 6.07) is 14.0. The van der Waals surface area contributed by atoms with Crippen LogP contribution in [0.1, 0.15) is 19.4 Å². The monoisotopic (exact) mass is 395 g/mol. The zero-order chi connectivity index (χ0) is 19.8. The minimum absolute atomic E-state index is 0.118. The number of carbonyl (C=O) groups excluding carboxylic acids is 1. The molecule has 4 nitrogen and oxygen atoms in total. The SMILES string of the molecule is CCOc1ccc(C[NH+](C)[C@H](C)C(=O)Nc2ccc(SC(F)F)cc2)cc1. The molecule has 0 radical (unpaired) electrons. The number of quaternary nitrogens is 1. The number of likely N-dealkylation sites (N-methyl/N-ethyl adjacent to an activating group) is 1. The zero-order valence-electron chi connectivity index (χ0n) is 15.7. The fourth-order valence-corrected chi connectivity index (χ4v) is 3.04. The highest BCUT2D eigenvalue weighted by molar-refractivity contribution is 7.99. The standard InChI is InChI=1S/C20H24F2N2O2S/c1-4-26-17-9-5-15(6-10-17)13-24(3)14(2)19(25)23-16-7-11-18(12-8-16)27-20(21)22/h5-12,14,20H,4,13H2,1-3H3,(H,23,25)/p+1/t14-/m1/s1. The minimum Gasteiger partial charge on any atom is -0.494 e. The van der Waals surface area contributed by atoms with Gasteiger partial charge < -0.3 is 15.0 Å². The molecule has 2 rings (SSSR count). The van der Waals surface area contributed by atoms with E-state index in [9.17, 15) is 13.6 Å². The van der Waals surface area contributed by atoms with Crippen LogP contribution in [0.5, 0.6) is 5.75 Å². The molecule has 2 N–H and O–H groups in total. The maximum atomic E-state index is 12.5. The number of rotatable bonds is 9. The van der Waals surface area contributed by atoms with Crippen LogP contribution < -0.4 is 15.0 Å². The Morgan fingerprint density at radius 2 is 1.78 bits per heavy atom. The molecule has 0 spiro atoms. The van der Waals surface area contributed by atoms with Crippen molar-refractivity contribution in [2.75, 3.05) is 19.0 Å². The topological polar surface area (TPSA) is 42.8 Å². The largest absolute Gasteiger partial charge is 0.494 e. The van der Waals surface area contributed by atoms with Gasteiger partial charge in [0.1, 0.15) is 12.3 Å². The molecule has 0 saturated carbocycles. The first kappa shape index (κ1) is 21.2. The van der Waals surface area contributed by atoms with Crippen molar-refractivity contribution in [2.24, 2.45) is 0 Å². The van der Waals surface area contributed by atoms with E-state index in [1.807, 2.05) is 45.2 Å². The van der Waals surface area contributed by atoms with E-state index in [2.05, 4.69) is 5.32 Å². The van der Waals surface area contributed by atoms with Crippen LogP contribution in [-0.2, 0) is 11.3 Å². The van der Waals surface area contributed by atoms with Crippen molar-refractivity contribution in [1.82, 2.24) is 0 Å². The Morgan fingerprint density at radius 3 is 2.33 bits per heavy atom. The normalized spacial score (nSPS) is 13.3. The maximum absolute atomic E-state index is 12.5. The highest BCUT2D eigenvalue weighted by atomic mass is 32.2. The third-order valence-corrected chi connectivity index (χ3v) is 4.92. The molecule has 0 aromatic heterocycles. The second-order valence-corrected chi connectivity index (χ2v) is 7.28. The molecule has 7 heteroatoms. The van der Waals surface area contributed by atoms with Crippen molar-refractivity contribution in [3.05, 3.63) is 54.1 Å². The molecule has 146 valence electrons. The van der Waals surface area contributed by atoms with Crippen LogP contribution in [0.2, 0.25) is 0 Å². The van der Waals surface area contributed by atoms with Crippen LogP contribution in [0.3, 0.4) is 0 Å². The number of amides is 1. The quantitative estimate of drug-likeness (QED) is 0.639. The number of ether oxygens (including phenoxy) is 1. The average Bonchev–Trinajstić information content (AvgIpc) is 2.64. The number of anilines is 1. The molecule has 27 heavy (non-hydrogen) atoms. The number of nitrogens with one attached hydrogen (secondary N) is 2. The van der Waals surface area contributed by atoms with Gasteiger partial charge in [-0.05, 0) is 62.4 Å². The minimum atomic E-state index is -2.45. The Labute approximate surface area is 162 Å². The van der Waals surface area contributed by atoms with Crippen molar-refractivity contribution in [2.45, 2.75) is 37.1 Å².